The van der Waals surface area contributed by atoms with Crippen LogP contribution >= 0.6 is 136 Å². The van der Waals surface area contributed by atoms with E-state index in [1.165, 1.54) is 49.0 Å². The Labute approximate surface area is 712 Å². The molecule has 9 aromatic rings. The first-order chi connectivity index (χ1) is 50.5. The van der Waals surface area contributed by atoms with Crippen LogP contribution in [0.15, 0.2) is 218 Å². The number of nitrogens with zero attached hydrogens (tertiary/aromatic N) is 2. The van der Waals surface area contributed by atoms with Crippen LogP contribution in [0.5, 0.6) is 5.75 Å². The predicted octanol–water partition coefficient (Wildman–Crippen LogP) is 21.9. The number of alkyl carbamates (subject to hydrolysis) is 3. The first kappa shape index (κ1) is 99.6. The lowest BCUT2D eigenvalue weighted by atomic mass is 10.1. The highest BCUT2D eigenvalue weighted by Gasteiger charge is 2.11. The number of nitrogens with one attached hydrogen (secondary N) is 4. The lowest BCUT2D eigenvalue weighted by Crippen LogP contribution is -2.26. The van der Waals surface area contributed by atoms with Crippen LogP contribution in [0.25, 0.3) is 4.85 Å². The second-order valence-corrected chi connectivity index (χ2v) is 37.4. The van der Waals surface area contributed by atoms with Gasteiger partial charge < -0.3 is 55.8 Å². The minimum absolute atomic E-state index is 0. The van der Waals surface area contributed by atoms with Crippen molar-refractivity contribution in [3.63, 3.8) is 0 Å². The average Bonchev–Trinajstić information content (AvgIpc) is 0.890. The number of nitrogens with two attached hydrogens (primary N) is 1. The second-order valence-electron chi connectivity index (χ2n) is 22.1. The molecule has 4 amide bonds. The zero-order valence-electron chi connectivity index (χ0n) is 59.0. The van der Waals surface area contributed by atoms with Crippen LogP contribution in [-0.2, 0) is 76.0 Å². The standard InChI is InChI=1S/C18H20N2O3.C18H18N2O2.C17H20N2O2.C15H13NO5.C8H10O.CHI3.CH2I2.CH3I.2CH4/c1-14-2-4-16(5-3-14)12-23-18(22)19-11-10-15-6-8-17(9-7-15)20-13-21;1-14-3-5-16(6-4-14)13-22-18(21)20-12-11-15-7-9-17(19-2)10-8-15;1-13-2-4-15(5-3-13)12-21-17(20)19-11-10-14-6-8-16(18)9-7-14;1-11-2-4-12(5-3-11)10-20-15(17)21-14-8-6-13(7-9-14)16(18)19;1-7-2-4-8(6-9)5-3-7;2-1(3)4;2-1-3;1-2;;/h2-9,13H,10-12H2,1H3,(H,19,22)(H,20,21);3-10H,11-13H2,1H3,(H,20,21);2-9H,10-12,18H2,1H3,(H,19,20);2-9H,10H2,1H3;2-5,9H,6H2,1H3;1H;1H2;1H3;2*1H4. The summed E-state index contributed by atoms with van der Waals surface area (Å²) in [6, 6.07) is 66.6. The Morgan fingerprint density at radius 1 is 0.486 bits per heavy atom. The maximum Gasteiger partial charge on any atom is 0.514 e. The second kappa shape index (κ2) is 61.4. The molecule has 0 aliphatic carbocycles. The molecule has 0 aliphatic rings. The van der Waals surface area contributed by atoms with Gasteiger partial charge in [-0.15, -0.1) is 0 Å². The number of rotatable bonds is 22. The van der Waals surface area contributed by atoms with Crippen molar-refractivity contribution < 1.29 is 57.7 Å². The number of non-ortho nitro benzene ring substituents is 1. The van der Waals surface area contributed by atoms with Gasteiger partial charge in [0, 0.05) is 43.1 Å². The number of nitrogen functional groups attached to an aromatic ring is 1. The minimum Gasteiger partial charge on any atom is -0.445 e. The van der Waals surface area contributed by atoms with Crippen molar-refractivity contribution in [3.05, 3.63) is 312 Å². The van der Waals surface area contributed by atoms with Gasteiger partial charge in [0.05, 0.1) is 20.5 Å². The Morgan fingerprint density at radius 3 is 1.06 bits per heavy atom. The number of hydrogen-bond acceptors (Lipinski definition) is 14. The third-order valence-electron chi connectivity index (χ3n) is 13.8. The quantitative estimate of drug-likeness (QED) is 0.00352. The molecule has 0 saturated heterocycles. The van der Waals surface area contributed by atoms with Crippen LogP contribution in [0.4, 0.5) is 41.9 Å². The molecular weight excluding hydrogens is 2040 g/mol. The fraction of sp³-hybridized carbons (Fsp3) is 0.259. The Morgan fingerprint density at radius 2 is 0.766 bits per heavy atom. The SMILES string of the molecule is C.C.CI.Cc1ccc(CO)cc1.Cc1ccc(COC(=O)NCCc2ccc(N)cc2)cc1.Cc1ccc(COC(=O)NCCc2ccc(NC=O)cc2)cc1.Cc1ccc(COC(=O)Oc2ccc([N+](=O)[O-])cc2)cc1.IC(I)I.ICI.[C-]#[N+]c1ccc(CCNC(=O)OCc2ccc(C)cc2)cc1. The summed E-state index contributed by atoms with van der Waals surface area (Å²) in [5.74, 6) is 0.189. The monoisotopic (exact) mass is 2140 g/mol. The van der Waals surface area contributed by atoms with E-state index < -0.39 is 29.4 Å². The van der Waals surface area contributed by atoms with E-state index in [0.29, 0.717) is 44.6 Å². The van der Waals surface area contributed by atoms with E-state index in [9.17, 15) is 34.1 Å². The van der Waals surface area contributed by atoms with Gasteiger partial charge in [0.25, 0.3) is 5.69 Å². The summed E-state index contributed by atoms with van der Waals surface area (Å²) in [6.45, 7) is 19.5. The summed E-state index contributed by atoms with van der Waals surface area (Å²) in [5.41, 5.74) is 21.5. The maximum absolute atomic E-state index is 11.6. The van der Waals surface area contributed by atoms with E-state index >= 15 is 0 Å². The molecule has 7 N–H and O–H groups in total. The summed E-state index contributed by atoms with van der Waals surface area (Å²) in [6.07, 6.45) is 0.693. The molecule has 0 atom stereocenters. The number of aliphatic hydroxyl groups is 1. The number of anilines is 2. The van der Waals surface area contributed by atoms with Crippen LogP contribution in [0.3, 0.4) is 0 Å². The van der Waals surface area contributed by atoms with Crippen LogP contribution in [0.1, 0.15) is 87.2 Å². The van der Waals surface area contributed by atoms with Crippen molar-refractivity contribution in [1.29, 1.82) is 0 Å². The molecule has 574 valence electrons. The fourth-order valence-corrected chi connectivity index (χ4v) is 8.12. The van der Waals surface area contributed by atoms with Crippen LogP contribution in [0, 0.1) is 51.3 Å². The number of nitro groups is 1. The van der Waals surface area contributed by atoms with Crippen molar-refractivity contribution >= 4 is 189 Å². The molecule has 0 aliphatic heterocycles. The largest absolute Gasteiger partial charge is 0.514 e. The zero-order valence-corrected chi connectivity index (χ0v) is 72.0. The summed E-state index contributed by atoms with van der Waals surface area (Å²) in [7, 11) is 0. The molecule has 0 unspecified atom stereocenters. The van der Waals surface area contributed by atoms with E-state index in [2.05, 4.69) is 162 Å². The van der Waals surface area contributed by atoms with Crippen molar-refractivity contribution in [3.8, 4) is 5.75 Å². The number of amides is 4. The molecule has 0 saturated carbocycles. The number of ether oxygens (including phenoxy) is 5. The van der Waals surface area contributed by atoms with Gasteiger partial charge in [-0.3, -0.25) is 14.9 Å². The van der Waals surface area contributed by atoms with Gasteiger partial charge in [-0.05, 0) is 140 Å². The number of aliphatic hydroxyl groups excluding tert-OH is 1. The minimum atomic E-state index is -0.857. The summed E-state index contributed by atoms with van der Waals surface area (Å²) in [4.78, 5) is 71.9. The normalized spacial score (nSPS) is 9.47. The van der Waals surface area contributed by atoms with Crippen LogP contribution in [0.2, 0.25) is 0 Å². The molecule has 0 spiro atoms. The smallest absolute Gasteiger partial charge is 0.445 e. The van der Waals surface area contributed by atoms with Gasteiger partial charge in [0.2, 0.25) is 6.41 Å². The molecule has 9 rings (SSSR count). The molecule has 9 aromatic carbocycles. The van der Waals surface area contributed by atoms with E-state index in [4.69, 9.17) is 41.1 Å². The zero-order chi connectivity index (χ0) is 77.6. The highest BCUT2D eigenvalue weighted by Crippen LogP contribution is 2.20. The molecule has 26 heteroatoms. The lowest BCUT2D eigenvalue weighted by Gasteiger charge is -2.08. The van der Waals surface area contributed by atoms with Crippen LogP contribution in [-0.4, -0.2) is 67.8 Å². The van der Waals surface area contributed by atoms with E-state index in [-0.39, 0.29) is 59.3 Å². The maximum atomic E-state index is 11.6. The average molecular weight is 2140 g/mol. The summed E-state index contributed by atoms with van der Waals surface area (Å²) < 4.78 is 27.3. The number of halogens is 6. The van der Waals surface area contributed by atoms with E-state index in [1.54, 1.807) is 12.1 Å². The molecule has 0 aromatic heterocycles. The van der Waals surface area contributed by atoms with Crippen molar-refractivity contribution in [2.45, 2.75) is 102 Å². The molecule has 0 heterocycles. The molecule has 107 heavy (non-hydrogen) atoms. The van der Waals surface area contributed by atoms with Gasteiger partial charge in [-0.2, -0.15) is 0 Å². The van der Waals surface area contributed by atoms with Gasteiger partial charge in [0.1, 0.15) is 32.1 Å². The number of benzene rings is 9. The number of carbonyl (C=O) groups excluding carboxylic acids is 5. The molecule has 0 bridgehead atoms. The lowest BCUT2D eigenvalue weighted by molar-refractivity contribution is -0.384. The number of aryl methyl sites for hydroxylation is 5. The van der Waals surface area contributed by atoms with Crippen LogP contribution < -0.4 is 31.7 Å². The highest BCUT2D eigenvalue weighted by atomic mass is 127. The Kier molecular flexibility index (Phi) is 57.2. The summed E-state index contributed by atoms with van der Waals surface area (Å²) >= 11 is 13.6. The summed E-state index contributed by atoms with van der Waals surface area (Å²) in [5, 5.41) is 29.9. The van der Waals surface area contributed by atoms with Crippen molar-refractivity contribution in [2.75, 3.05) is 38.0 Å². The Hall–Kier alpha value is -7.44. The number of carbonyl (C=O) groups is 5. The number of hydrogen-bond donors (Lipinski definition) is 6. The molecule has 0 fully saturated rings. The fourth-order valence-electron chi connectivity index (χ4n) is 8.12. The third kappa shape index (κ3) is 50.0. The Balaban J connectivity index is 0.00000129. The van der Waals surface area contributed by atoms with Gasteiger partial charge >= 0.3 is 24.4 Å². The third-order valence-corrected chi connectivity index (χ3v) is 13.8. The van der Waals surface area contributed by atoms with Gasteiger partial charge in [0.15, 0.2) is 5.69 Å². The Bertz CT molecular complexity index is 3940. The molecule has 20 nitrogen and oxygen atoms in total. The van der Waals surface area contributed by atoms with Crippen molar-refractivity contribution in [1.82, 2.24) is 16.0 Å². The van der Waals surface area contributed by atoms with E-state index in [1.807, 2.05) is 222 Å². The number of nitro benzene ring substituents is 1. The van der Waals surface area contributed by atoms with Gasteiger partial charge in [-0.1, -0.05) is 348 Å². The first-order valence-corrected chi connectivity index (χ1v) is 41.2. The first-order valence-electron chi connectivity index (χ1n) is 32.2. The van der Waals surface area contributed by atoms with E-state index in [0.717, 1.165) is 67.8 Å². The molecular formula is C81H95I6N7O13. The number of alkyl halides is 6. The molecule has 0 radical (unpaired) electrons. The van der Waals surface area contributed by atoms with Gasteiger partial charge in [-0.25, -0.2) is 24.0 Å². The highest BCUT2D eigenvalue weighted by molar-refractivity contribution is 14.3. The topological polar surface area (TPSA) is 273 Å². The predicted molar refractivity (Wildman–Crippen MR) is 483 cm³/mol. The van der Waals surface area contributed by atoms with Crippen molar-refractivity contribution in [2.24, 2.45) is 0 Å².